The monoisotopic (exact) mass is 335 g/mol. The van der Waals surface area contributed by atoms with E-state index in [0.29, 0.717) is 13.0 Å². The van der Waals surface area contributed by atoms with Crippen molar-refractivity contribution in [2.75, 3.05) is 6.61 Å². The van der Waals surface area contributed by atoms with Gasteiger partial charge in [0.05, 0.1) is 11.6 Å². The molecule has 3 rings (SSSR count). The summed E-state index contributed by atoms with van der Waals surface area (Å²) in [5.41, 5.74) is 1.15. The van der Waals surface area contributed by atoms with Gasteiger partial charge in [-0.05, 0) is 18.6 Å². The van der Waals surface area contributed by atoms with Gasteiger partial charge in [0.15, 0.2) is 0 Å². The zero-order valence-electron chi connectivity index (χ0n) is 12.6. The number of rotatable bonds is 5. The molecule has 24 heavy (non-hydrogen) atoms. The Morgan fingerprint density at radius 3 is 2.88 bits per heavy atom. The molecule has 1 fully saturated rings. The number of amides is 1. The van der Waals surface area contributed by atoms with Crippen LogP contribution in [0.25, 0.3) is 0 Å². The normalized spacial score (nSPS) is 20.1. The van der Waals surface area contributed by atoms with Crippen molar-refractivity contribution in [1.29, 1.82) is 0 Å². The minimum atomic E-state index is -2.95. The van der Waals surface area contributed by atoms with Crippen molar-refractivity contribution >= 4 is 5.91 Å². The molecule has 0 aliphatic carbocycles. The van der Waals surface area contributed by atoms with Gasteiger partial charge in [-0.25, -0.2) is 4.98 Å². The molecular formula is C16H15F2N3O3. The summed E-state index contributed by atoms with van der Waals surface area (Å²) in [4.78, 5) is 20.0. The summed E-state index contributed by atoms with van der Waals surface area (Å²) in [6, 6.07) is 6.11. The van der Waals surface area contributed by atoms with Crippen molar-refractivity contribution in [3.8, 4) is 5.88 Å². The molecule has 0 unspecified atom stereocenters. The SMILES string of the molecule is O=C(N[C@@H]1CCO[C@H]1c1cccnc1)c1ccc(OC(F)F)nc1. The van der Waals surface area contributed by atoms with Crippen LogP contribution in [0.3, 0.4) is 0 Å². The first-order chi connectivity index (χ1) is 11.6. The fraction of sp³-hybridized carbons (Fsp3) is 0.312. The van der Waals surface area contributed by atoms with Crippen LogP contribution in [-0.4, -0.2) is 35.1 Å². The molecule has 3 heterocycles. The van der Waals surface area contributed by atoms with E-state index in [4.69, 9.17) is 4.74 Å². The van der Waals surface area contributed by atoms with Gasteiger partial charge in [0.2, 0.25) is 5.88 Å². The lowest BCUT2D eigenvalue weighted by atomic mass is 10.0. The van der Waals surface area contributed by atoms with Crippen LogP contribution in [0.1, 0.15) is 28.4 Å². The fourth-order valence-corrected chi connectivity index (χ4v) is 2.54. The largest absolute Gasteiger partial charge is 0.417 e. The van der Waals surface area contributed by atoms with Crippen molar-refractivity contribution in [3.63, 3.8) is 0 Å². The smallest absolute Gasteiger partial charge is 0.388 e. The van der Waals surface area contributed by atoms with Crippen molar-refractivity contribution in [2.24, 2.45) is 0 Å². The summed E-state index contributed by atoms with van der Waals surface area (Å²) in [5.74, 6) is -0.588. The van der Waals surface area contributed by atoms with E-state index in [1.54, 1.807) is 12.4 Å². The standard InChI is InChI=1S/C16H15F2N3O3/c17-16(18)24-13-4-3-11(9-20-13)15(22)21-12-5-7-23-14(12)10-2-1-6-19-8-10/h1-4,6,8-9,12,14,16H,5,7H2,(H,21,22)/t12-,14+/m1/s1. The number of ether oxygens (including phenoxy) is 2. The number of halogens is 2. The molecule has 2 aromatic heterocycles. The molecule has 2 aromatic rings. The molecular weight excluding hydrogens is 320 g/mol. The van der Waals surface area contributed by atoms with Crippen LogP contribution in [0.5, 0.6) is 5.88 Å². The van der Waals surface area contributed by atoms with Gasteiger partial charge >= 0.3 is 6.61 Å². The number of carbonyl (C=O) groups is 1. The Morgan fingerprint density at radius 2 is 2.21 bits per heavy atom. The summed E-state index contributed by atoms with van der Waals surface area (Å²) in [5, 5.41) is 2.88. The van der Waals surface area contributed by atoms with E-state index < -0.39 is 6.61 Å². The predicted molar refractivity (Wildman–Crippen MR) is 79.7 cm³/mol. The first kappa shape index (κ1) is 16.3. The topological polar surface area (TPSA) is 73.3 Å². The summed E-state index contributed by atoms with van der Waals surface area (Å²) >= 11 is 0. The van der Waals surface area contributed by atoms with Crippen molar-refractivity contribution in [2.45, 2.75) is 25.2 Å². The number of carbonyl (C=O) groups excluding carboxylic acids is 1. The Balaban J connectivity index is 1.65. The second-order valence-electron chi connectivity index (χ2n) is 5.21. The van der Waals surface area contributed by atoms with Gasteiger partial charge in [0, 0.05) is 36.8 Å². The highest BCUT2D eigenvalue weighted by Crippen LogP contribution is 2.28. The highest BCUT2D eigenvalue weighted by molar-refractivity contribution is 5.94. The average Bonchev–Trinajstić information content (AvgIpc) is 3.04. The Morgan fingerprint density at radius 1 is 1.33 bits per heavy atom. The average molecular weight is 335 g/mol. The van der Waals surface area contributed by atoms with Crippen molar-refractivity contribution in [1.82, 2.24) is 15.3 Å². The van der Waals surface area contributed by atoms with Gasteiger partial charge < -0.3 is 14.8 Å². The lowest BCUT2D eigenvalue weighted by molar-refractivity contribution is -0.0528. The molecule has 1 aliphatic rings. The highest BCUT2D eigenvalue weighted by Gasteiger charge is 2.31. The molecule has 6 nitrogen and oxygen atoms in total. The molecule has 0 aromatic carbocycles. The van der Waals surface area contributed by atoms with E-state index in [0.717, 1.165) is 5.56 Å². The molecule has 0 radical (unpaired) electrons. The van der Waals surface area contributed by atoms with Gasteiger partial charge in [0.25, 0.3) is 5.91 Å². The Bertz CT molecular complexity index is 683. The first-order valence-corrected chi connectivity index (χ1v) is 7.37. The van der Waals surface area contributed by atoms with E-state index in [1.807, 2.05) is 12.1 Å². The number of aromatic nitrogens is 2. The second-order valence-corrected chi connectivity index (χ2v) is 5.21. The quantitative estimate of drug-likeness (QED) is 0.908. The number of nitrogens with zero attached hydrogens (tertiary/aromatic N) is 2. The maximum Gasteiger partial charge on any atom is 0.388 e. The maximum absolute atomic E-state index is 12.3. The molecule has 2 atom stereocenters. The first-order valence-electron chi connectivity index (χ1n) is 7.37. The fourth-order valence-electron chi connectivity index (χ4n) is 2.54. The molecule has 126 valence electrons. The van der Waals surface area contributed by atoms with Gasteiger partial charge in [0.1, 0.15) is 6.10 Å². The Kier molecular flexibility index (Phi) is 4.95. The molecule has 0 saturated carbocycles. The maximum atomic E-state index is 12.3. The third-order valence-corrected chi connectivity index (χ3v) is 3.63. The number of alkyl halides is 2. The molecule has 0 spiro atoms. The van der Waals surface area contributed by atoms with Gasteiger partial charge in [-0.15, -0.1) is 0 Å². The molecule has 1 N–H and O–H groups in total. The third-order valence-electron chi connectivity index (χ3n) is 3.63. The zero-order chi connectivity index (χ0) is 16.9. The van der Waals surface area contributed by atoms with Gasteiger partial charge in [-0.3, -0.25) is 9.78 Å². The number of hydrogen-bond acceptors (Lipinski definition) is 5. The van der Waals surface area contributed by atoms with Gasteiger partial charge in [-0.1, -0.05) is 6.07 Å². The summed E-state index contributed by atoms with van der Waals surface area (Å²) < 4.78 is 34.0. The third kappa shape index (κ3) is 3.83. The van der Waals surface area contributed by atoms with Crippen molar-refractivity contribution < 1.29 is 23.0 Å². The van der Waals surface area contributed by atoms with Crippen LogP contribution < -0.4 is 10.1 Å². The minimum Gasteiger partial charge on any atom is -0.417 e. The lowest BCUT2D eigenvalue weighted by Gasteiger charge is -2.20. The van der Waals surface area contributed by atoms with Crippen LogP contribution in [-0.2, 0) is 4.74 Å². The molecule has 1 saturated heterocycles. The van der Waals surface area contributed by atoms with E-state index >= 15 is 0 Å². The highest BCUT2D eigenvalue weighted by atomic mass is 19.3. The number of nitrogens with one attached hydrogen (secondary N) is 1. The van der Waals surface area contributed by atoms with E-state index in [2.05, 4.69) is 20.0 Å². The van der Waals surface area contributed by atoms with Gasteiger partial charge in [-0.2, -0.15) is 8.78 Å². The Hall–Kier alpha value is -2.61. The summed E-state index contributed by atoms with van der Waals surface area (Å²) in [6.45, 7) is -2.42. The summed E-state index contributed by atoms with van der Waals surface area (Å²) in [7, 11) is 0. The van der Waals surface area contributed by atoms with E-state index in [1.165, 1.54) is 18.3 Å². The summed E-state index contributed by atoms with van der Waals surface area (Å²) in [6.07, 6.45) is 4.97. The molecule has 8 heteroatoms. The van der Waals surface area contributed by atoms with Crippen molar-refractivity contribution in [3.05, 3.63) is 54.0 Å². The van der Waals surface area contributed by atoms with E-state index in [-0.39, 0.29) is 29.5 Å². The van der Waals surface area contributed by atoms with E-state index in [9.17, 15) is 13.6 Å². The molecule has 1 amide bonds. The lowest BCUT2D eigenvalue weighted by Crippen LogP contribution is -2.36. The molecule has 0 bridgehead atoms. The van der Waals surface area contributed by atoms with Crippen LogP contribution in [0.4, 0.5) is 8.78 Å². The minimum absolute atomic E-state index is 0.196. The number of hydrogen-bond donors (Lipinski definition) is 1. The zero-order valence-corrected chi connectivity index (χ0v) is 12.6. The number of pyridine rings is 2. The predicted octanol–water partition coefficient (Wildman–Crippen LogP) is 2.34. The second kappa shape index (κ2) is 7.31. The molecule has 1 aliphatic heterocycles. The van der Waals surface area contributed by atoms with Crippen LogP contribution >= 0.6 is 0 Å². The Labute approximate surface area is 136 Å². The van der Waals surface area contributed by atoms with Crippen LogP contribution in [0, 0.1) is 0 Å². The van der Waals surface area contributed by atoms with Crippen LogP contribution in [0.15, 0.2) is 42.9 Å². The van der Waals surface area contributed by atoms with Crippen LogP contribution in [0.2, 0.25) is 0 Å².